The van der Waals surface area contributed by atoms with E-state index in [4.69, 9.17) is 5.11 Å². The van der Waals surface area contributed by atoms with Crippen LogP contribution in [0.5, 0.6) is 0 Å². The minimum absolute atomic E-state index is 0.190. The first-order valence-corrected chi connectivity index (χ1v) is 5.34. The maximum Gasteiger partial charge on any atom is 0.333 e. The largest absolute Gasteiger partial charge is 0.478 e. The van der Waals surface area contributed by atoms with Crippen LogP contribution < -0.4 is 0 Å². The van der Waals surface area contributed by atoms with Gasteiger partial charge in [0.25, 0.3) is 11.8 Å². The van der Waals surface area contributed by atoms with Crippen LogP contribution in [0.1, 0.15) is 27.6 Å². The van der Waals surface area contributed by atoms with Gasteiger partial charge in [-0.05, 0) is 19.1 Å². The summed E-state index contributed by atoms with van der Waals surface area (Å²) in [7, 11) is 0. The fraction of sp³-hybridized carbons (Fsp3) is 0.154. The molecule has 18 heavy (non-hydrogen) atoms. The molecule has 0 aromatic heterocycles. The Balaban J connectivity index is 2.40. The fourth-order valence-electron chi connectivity index (χ4n) is 1.89. The van der Waals surface area contributed by atoms with Gasteiger partial charge in [-0.1, -0.05) is 18.7 Å². The highest BCUT2D eigenvalue weighted by Crippen LogP contribution is 2.26. The van der Waals surface area contributed by atoms with E-state index in [9.17, 15) is 14.4 Å². The highest BCUT2D eigenvalue weighted by Gasteiger charge is 2.39. The van der Waals surface area contributed by atoms with Crippen molar-refractivity contribution in [2.45, 2.75) is 13.0 Å². The molecule has 0 fully saturated rings. The molecule has 1 aliphatic rings. The number of hydrogen-bond donors (Lipinski definition) is 1. The number of benzene rings is 1. The predicted molar refractivity (Wildman–Crippen MR) is 63.2 cm³/mol. The average molecular weight is 245 g/mol. The maximum atomic E-state index is 12.0. The smallest absolute Gasteiger partial charge is 0.333 e. The zero-order valence-corrected chi connectivity index (χ0v) is 9.71. The first-order chi connectivity index (χ1) is 8.45. The van der Waals surface area contributed by atoms with E-state index < -0.39 is 23.8 Å². The summed E-state index contributed by atoms with van der Waals surface area (Å²) in [5.41, 5.74) is 0.407. The Hall–Kier alpha value is -2.43. The van der Waals surface area contributed by atoms with E-state index in [0.717, 1.165) is 4.90 Å². The molecule has 1 aromatic carbocycles. The predicted octanol–water partition coefficient (Wildman–Crippen LogP) is 1.31. The van der Waals surface area contributed by atoms with Crippen molar-refractivity contribution in [3.63, 3.8) is 0 Å². The topological polar surface area (TPSA) is 74.7 Å². The number of carbonyl (C=O) groups is 3. The molecule has 1 N–H and O–H groups in total. The van der Waals surface area contributed by atoms with E-state index in [-0.39, 0.29) is 5.57 Å². The van der Waals surface area contributed by atoms with Crippen LogP contribution >= 0.6 is 0 Å². The van der Waals surface area contributed by atoms with Gasteiger partial charge in [0.05, 0.1) is 22.7 Å². The summed E-state index contributed by atoms with van der Waals surface area (Å²) in [4.78, 5) is 35.9. The highest BCUT2D eigenvalue weighted by atomic mass is 16.4. The molecule has 92 valence electrons. The number of imide groups is 1. The van der Waals surface area contributed by atoms with Crippen LogP contribution in [0.25, 0.3) is 0 Å². The lowest BCUT2D eigenvalue weighted by molar-refractivity contribution is -0.133. The minimum Gasteiger partial charge on any atom is -0.478 e. The third-order valence-corrected chi connectivity index (χ3v) is 2.99. The number of amides is 2. The van der Waals surface area contributed by atoms with Gasteiger partial charge in [0.2, 0.25) is 0 Å². The van der Waals surface area contributed by atoms with Crippen molar-refractivity contribution in [1.82, 2.24) is 4.90 Å². The van der Waals surface area contributed by atoms with Crippen LogP contribution in [0, 0.1) is 0 Å². The third kappa shape index (κ3) is 1.60. The van der Waals surface area contributed by atoms with E-state index in [1.165, 1.54) is 6.92 Å². The molecule has 1 aliphatic heterocycles. The fourth-order valence-corrected chi connectivity index (χ4v) is 1.89. The van der Waals surface area contributed by atoms with Crippen LogP contribution in [0.3, 0.4) is 0 Å². The summed E-state index contributed by atoms with van der Waals surface area (Å²) < 4.78 is 0. The second kappa shape index (κ2) is 4.10. The van der Waals surface area contributed by atoms with Gasteiger partial charge >= 0.3 is 5.97 Å². The summed E-state index contributed by atoms with van der Waals surface area (Å²) in [5.74, 6) is -2.19. The van der Waals surface area contributed by atoms with E-state index in [1.54, 1.807) is 24.3 Å². The van der Waals surface area contributed by atoms with Crippen LogP contribution in [0.4, 0.5) is 0 Å². The number of carboxylic acids is 1. The van der Waals surface area contributed by atoms with Gasteiger partial charge in [0.15, 0.2) is 0 Å². The number of hydrogen-bond acceptors (Lipinski definition) is 3. The highest BCUT2D eigenvalue weighted by molar-refractivity contribution is 6.22. The van der Waals surface area contributed by atoms with E-state index in [2.05, 4.69) is 6.58 Å². The Morgan fingerprint density at radius 1 is 1.22 bits per heavy atom. The average Bonchev–Trinajstić information content (AvgIpc) is 2.61. The molecule has 2 amide bonds. The summed E-state index contributed by atoms with van der Waals surface area (Å²) in [6, 6.07) is 5.54. The van der Waals surface area contributed by atoms with Crippen molar-refractivity contribution in [3.05, 3.63) is 47.5 Å². The molecule has 2 rings (SSSR count). The molecule has 5 nitrogen and oxygen atoms in total. The van der Waals surface area contributed by atoms with Crippen molar-refractivity contribution < 1.29 is 19.5 Å². The van der Waals surface area contributed by atoms with E-state index in [1.807, 2.05) is 0 Å². The number of carbonyl (C=O) groups excluding carboxylic acids is 2. The molecule has 1 unspecified atom stereocenters. The number of nitrogens with zero attached hydrogens (tertiary/aromatic N) is 1. The Labute approximate surface area is 103 Å². The Morgan fingerprint density at radius 2 is 1.67 bits per heavy atom. The lowest BCUT2D eigenvalue weighted by atomic mass is 10.1. The zero-order chi connectivity index (χ0) is 13.4. The van der Waals surface area contributed by atoms with Crippen molar-refractivity contribution in [2.75, 3.05) is 0 Å². The quantitative estimate of drug-likeness (QED) is 0.643. The van der Waals surface area contributed by atoms with Crippen LogP contribution in [-0.2, 0) is 4.79 Å². The number of rotatable bonds is 3. The van der Waals surface area contributed by atoms with E-state index in [0.29, 0.717) is 11.1 Å². The molecule has 0 spiro atoms. The van der Waals surface area contributed by atoms with Crippen molar-refractivity contribution in [3.8, 4) is 0 Å². The lowest BCUT2D eigenvalue weighted by Gasteiger charge is -2.22. The summed E-state index contributed by atoms with van der Waals surface area (Å²) in [5, 5.41) is 8.85. The Bertz CT molecular complexity index is 541. The second-order valence-electron chi connectivity index (χ2n) is 4.03. The summed E-state index contributed by atoms with van der Waals surface area (Å²) in [6.07, 6.45) is 0. The van der Waals surface area contributed by atoms with Gasteiger partial charge in [-0.3, -0.25) is 14.5 Å². The third-order valence-electron chi connectivity index (χ3n) is 2.99. The summed E-state index contributed by atoms with van der Waals surface area (Å²) in [6.45, 7) is 4.86. The SMILES string of the molecule is C=C(C(=O)O)C(C)N1C(=O)c2ccccc2C1=O. The minimum atomic E-state index is -1.22. The van der Waals surface area contributed by atoms with Crippen molar-refractivity contribution in [2.24, 2.45) is 0 Å². The Morgan fingerprint density at radius 3 is 2.06 bits per heavy atom. The monoisotopic (exact) mass is 245 g/mol. The van der Waals surface area contributed by atoms with Gasteiger partial charge in [-0.15, -0.1) is 0 Å². The molecular weight excluding hydrogens is 234 g/mol. The number of aliphatic carboxylic acids is 1. The molecular formula is C13H11NO4. The van der Waals surface area contributed by atoms with Crippen LogP contribution in [0.15, 0.2) is 36.4 Å². The molecule has 0 saturated carbocycles. The molecule has 1 heterocycles. The molecule has 0 radical (unpaired) electrons. The van der Waals surface area contributed by atoms with Gasteiger partial charge in [0.1, 0.15) is 0 Å². The van der Waals surface area contributed by atoms with Crippen molar-refractivity contribution in [1.29, 1.82) is 0 Å². The lowest BCUT2D eigenvalue weighted by Crippen LogP contribution is -2.40. The number of fused-ring (bicyclic) bond motifs is 1. The molecule has 0 bridgehead atoms. The standard InChI is InChI=1S/C13H11NO4/c1-7(13(17)18)8(2)14-11(15)9-5-3-4-6-10(9)12(14)16/h3-6,8H,1H2,2H3,(H,17,18). The van der Waals surface area contributed by atoms with Gasteiger partial charge in [-0.2, -0.15) is 0 Å². The molecule has 1 atom stereocenters. The van der Waals surface area contributed by atoms with Crippen LogP contribution in [0.2, 0.25) is 0 Å². The molecule has 0 aliphatic carbocycles. The zero-order valence-electron chi connectivity index (χ0n) is 9.71. The second-order valence-corrected chi connectivity index (χ2v) is 4.03. The molecule has 0 saturated heterocycles. The van der Waals surface area contributed by atoms with E-state index >= 15 is 0 Å². The van der Waals surface area contributed by atoms with Gasteiger partial charge in [0, 0.05) is 0 Å². The summed E-state index contributed by atoms with van der Waals surface area (Å²) >= 11 is 0. The van der Waals surface area contributed by atoms with Crippen LogP contribution in [-0.4, -0.2) is 33.8 Å². The maximum absolute atomic E-state index is 12.0. The normalized spacial score (nSPS) is 15.5. The van der Waals surface area contributed by atoms with Crippen molar-refractivity contribution >= 4 is 17.8 Å². The molecule has 5 heteroatoms. The number of carboxylic acid groups (broad SMARTS) is 1. The van der Waals surface area contributed by atoms with Gasteiger partial charge < -0.3 is 5.11 Å². The first-order valence-electron chi connectivity index (χ1n) is 5.34. The Kier molecular flexibility index (Phi) is 2.74. The molecule has 1 aromatic rings. The first kappa shape index (κ1) is 12.0. The van der Waals surface area contributed by atoms with Gasteiger partial charge in [-0.25, -0.2) is 4.79 Å².